The Hall–Kier alpha value is -1.88. The number of carbonyl (C=O) groups excluding carboxylic acids is 1. The minimum atomic E-state index is -0.114. The summed E-state index contributed by atoms with van der Waals surface area (Å²) in [5, 5.41) is 2.70. The number of pyridine rings is 1. The van der Waals surface area contributed by atoms with Gasteiger partial charge >= 0.3 is 0 Å². The molecule has 0 saturated heterocycles. The van der Waals surface area contributed by atoms with Gasteiger partial charge in [-0.05, 0) is 12.1 Å². The summed E-state index contributed by atoms with van der Waals surface area (Å²) in [5.74, 6) is 0.946. The second-order valence-electron chi connectivity index (χ2n) is 3.36. The highest BCUT2D eigenvalue weighted by Gasteiger charge is 2.02. The Morgan fingerprint density at radius 2 is 2.35 bits per heavy atom. The predicted molar refractivity (Wildman–Crippen MR) is 65.3 cm³/mol. The summed E-state index contributed by atoms with van der Waals surface area (Å²) >= 11 is 5.47. The third-order valence-electron chi connectivity index (χ3n) is 2.12. The first-order valence-corrected chi connectivity index (χ1v) is 5.63. The predicted octanol–water partition coefficient (Wildman–Crippen LogP) is 1.83. The van der Waals surface area contributed by atoms with Crippen molar-refractivity contribution >= 4 is 23.2 Å². The van der Waals surface area contributed by atoms with Crippen LogP contribution in [0.2, 0.25) is 0 Å². The first kappa shape index (κ1) is 11.6. The van der Waals surface area contributed by atoms with Gasteiger partial charge in [0.25, 0.3) is 0 Å². The molecule has 2 heterocycles. The number of hydrogen-bond donors (Lipinski definition) is 1. The molecule has 5 nitrogen and oxygen atoms in total. The minimum Gasteiger partial charge on any atom is -0.325 e. The van der Waals surface area contributed by atoms with Crippen LogP contribution in [0.15, 0.2) is 37.1 Å². The summed E-state index contributed by atoms with van der Waals surface area (Å²) in [7, 11) is 0. The van der Waals surface area contributed by atoms with E-state index >= 15 is 0 Å². The molecular weight excluding hydrogens is 240 g/mol. The molecule has 6 heteroatoms. The summed E-state index contributed by atoms with van der Waals surface area (Å²) < 4.78 is 1.78. The summed E-state index contributed by atoms with van der Waals surface area (Å²) in [6, 6.07) is 3.59. The zero-order valence-electron chi connectivity index (χ0n) is 9.01. The third kappa shape index (κ3) is 3.04. The summed E-state index contributed by atoms with van der Waals surface area (Å²) in [4.78, 5) is 19.4. The van der Waals surface area contributed by atoms with E-state index in [1.165, 1.54) is 0 Å². The molecule has 2 aromatic heterocycles. The molecule has 1 amide bonds. The van der Waals surface area contributed by atoms with Gasteiger partial charge in [-0.25, -0.2) is 9.97 Å². The van der Waals surface area contributed by atoms with Gasteiger partial charge in [0.2, 0.25) is 5.91 Å². The van der Waals surface area contributed by atoms with Gasteiger partial charge in [0.1, 0.15) is 12.1 Å². The van der Waals surface area contributed by atoms with Gasteiger partial charge in [0.05, 0.1) is 11.9 Å². The molecule has 88 valence electrons. The Balaban J connectivity index is 2.06. The first-order valence-electron chi connectivity index (χ1n) is 5.10. The number of amides is 1. The van der Waals surface area contributed by atoms with E-state index in [2.05, 4.69) is 15.3 Å². The highest BCUT2D eigenvalue weighted by atomic mass is 35.5. The smallest absolute Gasteiger partial charge is 0.225 e. The first-order chi connectivity index (χ1) is 8.29. The maximum atomic E-state index is 11.3. The zero-order valence-corrected chi connectivity index (χ0v) is 9.76. The summed E-state index contributed by atoms with van der Waals surface area (Å²) in [6.07, 6.45) is 7.03. The number of nitrogens with one attached hydrogen (secondary N) is 1. The highest BCUT2D eigenvalue weighted by Crippen LogP contribution is 2.09. The maximum absolute atomic E-state index is 11.3. The molecule has 0 aliphatic rings. The van der Waals surface area contributed by atoms with Gasteiger partial charge in [-0.2, -0.15) is 0 Å². The molecule has 0 radical (unpaired) electrons. The van der Waals surface area contributed by atoms with Crippen molar-refractivity contribution in [1.82, 2.24) is 14.5 Å². The van der Waals surface area contributed by atoms with Crippen LogP contribution in [0.5, 0.6) is 0 Å². The highest BCUT2D eigenvalue weighted by molar-refractivity contribution is 6.19. The van der Waals surface area contributed by atoms with Crippen LogP contribution in [0.4, 0.5) is 5.69 Å². The minimum absolute atomic E-state index is 0.114. The molecular formula is C11H11ClN4O. The SMILES string of the molecule is O=C(CCCl)Nc1ccc(-n2ccnc2)nc1. The Morgan fingerprint density at radius 1 is 1.47 bits per heavy atom. The van der Waals surface area contributed by atoms with E-state index in [0.29, 0.717) is 18.0 Å². The van der Waals surface area contributed by atoms with E-state index in [9.17, 15) is 4.79 Å². The van der Waals surface area contributed by atoms with Gasteiger partial charge in [-0.15, -0.1) is 11.6 Å². The van der Waals surface area contributed by atoms with Crippen molar-refractivity contribution in [3.05, 3.63) is 37.1 Å². The van der Waals surface area contributed by atoms with Gasteiger partial charge in [-0.3, -0.25) is 9.36 Å². The summed E-state index contributed by atoms with van der Waals surface area (Å²) in [5.41, 5.74) is 0.656. The van der Waals surface area contributed by atoms with E-state index < -0.39 is 0 Å². The molecule has 0 aromatic carbocycles. The summed E-state index contributed by atoms with van der Waals surface area (Å²) in [6.45, 7) is 0. The fourth-order valence-corrected chi connectivity index (χ4v) is 1.49. The van der Waals surface area contributed by atoms with Crippen molar-refractivity contribution in [3.8, 4) is 5.82 Å². The topological polar surface area (TPSA) is 59.8 Å². The Morgan fingerprint density at radius 3 is 2.94 bits per heavy atom. The Labute approximate surface area is 103 Å². The second kappa shape index (κ2) is 5.45. The van der Waals surface area contributed by atoms with Gasteiger partial charge in [-0.1, -0.05) is 0 Å². The van der Waals surface area contributed by atoms with Crippen LogP contribution in [0.25, 0.3) is 5.82 Å². The molecule has 0 unspecified atom stereocenters. The van der Waals surface area contributed by atoms with E-state index in [4.69, 9.17) is 11.6 Å². The Bertz CT molecular complexity index is 481. The van der Waals surface area contributed by atoms with Crippen LogP contribution in [0, 0.1) is 0 Å². The number of halogens is 1. The average molecular weight is 251 g/mol. The molecule has 0 aliphatic carbocycles. The van der Waals surface area contributed by atoms with E-state index in [0.717, 1.165) is 5.82 Å². The quantitative estimate of drug-likeness (QED) is 0.843. The fraction of sp³-hybridized carbons (Fsp3) is 0.182. The standard InChI is InChI=1S/C11H11ClN4O/c12-4-3-11(17)15-9-1-2-10(14-7-9)16-6-5-13-8-16/h1-2,5-8H,3-4H2,(H,15,17). The number of rotatable bonds is 4. The lowest BCUT2D eigenvalue weighted by molar-refractivity contribution is -0.115. The number of hydrogen-bond acceptors (Lipinski definition) is 3. The molecule has 0 aliphatic heterocycles. The van der Waals surface area contributed by atoms with Crippen LogP contribution < -0.4 is 5.32 Å². The van der Waals surface area contributed by atoms with Crippen LogP contribution in [0.3, 0.4) is 0 Å². The van der Waals surface area contributed by atoms with Crippen LogP contribution in [-0.2, 0) is 4.79 Å². The van der Waals surface area contributed by atoms with E-state index in [-0.39, 0.29) is 5.91 Å². The van der Waals surface area contributed by atoms with Crippen molar-refractivity contribution in [2.75, 3.05) is 11.2 Å². The van der Waals surface area contributed by atoms with Crippen molar-refractivity contribution in [1.29, 1.82) is 0 Å². The number of imidazole rings is 1. The van der Waals surface area contributed by atoms with Crippen LogP contribution in [0.1, 0.15) is 6.42 Å². The molecule has 0 bridgehead atoms. The van der Waals surface area contributed by atoms with Crippen molar-refractivity contribution < 1.29 is 4.79 Å². The largest absolute Gasteiger partial charge is 0.325 e. The molecule has 1 N–H and O–H groups in total. The lowest BCUT2D eigenvalue weighted by atomic mass is 10.3. The molecule has 2 rings (SSSR count). The lowest BCUT2D eigenvalue weighted by Gasteiger charge is -2.05. The van der Waals surface area contributed by atoms with Gasteiger partial charge in [0, 0.05) is 24.7 Å². The van der Waals surface area contributed by atoms with Crippen molar-refractivity contribution in [2.24, 2.45) is 0 Å². The van der Waals surface area contributed by atoms with Crippen LogP contribution >= 0.6 is 11.6 Å². The lowest BCUT2D eigenvalue weighted by Crippen LogP contribution is -2.11. The molecule has 0 atom stereocenters. The van der Waals surface area contributed by atoms with Crippen molar-refractivity contribution in [2.45, 2.75) is 6.42 Å². The van der Waals surface area contributed by atoms with Gasteiger partial charge < -0.3 is 5.32 Å². The van der Waals surface area contributed by atoms with Crippen LogP contribution in [-0.4, -0.2) is 26.3 Å². The molecule has 2 aromatic rings. The fourth-order valence-electron chi connectivity index (χ4n) is 1.32. The third-order valence-corrected chi connectivity index (χ3v) is 2.31. The maximum Gasteiger partial charge on any atom is 0.225 e. The number of aromatic nitrogens is 3. The monoisotopic (exact) mass is 250 g/mol. The van der Waals surface area contributed by atoms with Gasteiger partial charge in [0.15, 0.2) is 0 Å². The zero-order chi connectivity index (χ0) is 12.1. The molecule has 0 spiro atoms. The molecule has 0 fully saturated rings. The second-order valence-corrected chi connectivity index (χ2v) is 3.74. The number of alkyl halides is 1. The number of anilines is 1. The molecule has 17 heavy (non-hydrogen) atoms. The van der Waals surface area contributed by atoms with E-state index in [1.54, 1.807) is 41.6 Å². The van der Waals surface area contributed by atoms with Crippen molar-refractivity contribution in [3.63, 3.8) is 0 Å². The average Bonchev–Trinajstić information content (AvgIpc) is 2.84. The van der Waals surface area contributed by atoms with E-state index in [1.807, 2.05) is 0 Å². The molecule has 0 saturated carbocycles. The normalized spacial score (nSPS) is 10.2. The number of nitrogens with zero attached hydrogens (tertiary/aromatic N) is 3. The number of carbonyl (C=O) groups is 1. The Kier molecular flexibility index (Phi) is 3.72.